The van der Waals surface area contributed by atoms with Crippen molar-refractivity contribution in [3.63, 3.8) is 0 Å². The van der Waals surface area contributed by atoms with Crippen LogP contribution in [0.15, 0.2) is 42.9 Å². The number of pyridine rings is 1. The molecule has 0 bridgehead atoms. The number of anilines is 1. The number of aromatic nitrogens is 3. The minimum atomic E-state index is -4.39. The van der Waals surface area contributed by atoms with Crippen LogP contribution in [0, 0.1) is 5.92 Å². The molecule has 1 aromatic carbocycles. The molecule has 0 aliphatic heterocycles. The molecule has 0 saturated carbocycles. The van der Waals surface area contributed by atoms with Crippen LogP contribution in [0.5, 0.6) is 0 Å². The standard InChI is InChI=1S/C24H27F3N4O.C2H6/c1-3-16(2)5-4-6-19(11-14-32)31-23-22-21(28-12-13-29-22)20(15-30-23)17-7-9-18(10-8-17)24(25,26)27;1-2/h7-10,12-16,19H,3-6,11H2,1-2H3,(H,30,31);1-2H3/t16-,19?;/m1./s1. The molecule has 0 saturated heterocycles. The number of hydrogen-bond donors (Lipinski definition) is 1. The first kappa shape index (κ1) is 27.2. The summed E-state index contributed by atoms with van der Waals surface area (Å²) in [5.41, 5.74) is 1.51. The second kappa shape index (κ2) is 13.0. The molecular weight excluding hydrogens is 441 g/mol. The van der Waals surface area contributed by atoms with Crippen molar-refractivity contribution in [1.29, 1.82) is 0 Å². The summed E-state index contributed by atoms with van der Waals surface area (Å²) in [6.07, 6.45) is 5.55. The number of halogens is 3. The van der Waals surface area contributed by atoms with E-state index in [2.05, 4.69) is 34.1 Å². The molecule has 0 aliphatic carbocycles. The Morgan fingerprint density at radius 1 is 1.00 bits per heavy atom. The number of nitrogens with zero attached hydrogens (tertiary/aromatic N) is 3. The number of rotatable bonds is 10. The van der Waals surface area contributed by atoms with Gasteiger partial charge >= 0.3 is 6.18 Å². The van der Waals surface area contributed by atoms with E-state index in [1.807, 2.05) is 13.8 Å². The van der Waals surface area contributed by atoms with Gasteiger partial charge in [-0.05, 0) is 30.0 Å². The number of hydrogen-bond acceptors (Lipinski definition) is 5. The molecule has 8 heteroatoms. The van der Waals surface area contributed by atoms with Crippen LogP contribution in [0.25, 0.3) is 22.2 Å². The largest absolute Gasteiger partial charge is 0.416 e. The molecule has 5 nitrogen and oxygen atoms in total. The number of aldehydes is 1. The van der Waals surface area contributed by atoms with Crippen LogP contribution >= 0.6 is 0 Å². The molecular formula is C26H33F3N4O. The average Bonchev–Trinajstić information content (AvgIpc) is 2.85. The molecule has 2 atom stereocenters. The van der Waals surface area contributed by atoms with Crippen LogP contribution in [0.3, 0.4) is 0 Å². The van der Waals surface area contributed by atoms with E-state index < -0.39 is 11.7 Å². The summed E-state index contributed by atoms with van der Waals surface area (Å²) in [6.45, 7) is 8.38. The summed E-state index contributed by atoms with van der Waals surface area (Å²) in [5, 5.41) is 3.33. The summed E-state index contributed by atoms with van der Waals surface area (Å²) >= 11 is 0. The summed E-state index contributed by atoms with van der Waals surface area (Å²) in [4.78, 5) is 24.5. The Morgan fingerprint density at radius 2 is 1.65 bits per heavy atom. The number of benzene rings is 1. The van der Waals surface area contributed by atoms with Crippen LogP contribution < -0.4 is 5.32 Å². The van der Waals surface area contributed by atoms with E-state index in [1.54, 1.807) is 12.4 Å². The molecule has 2 heterocycles. The van der Waals surface area contributed by atoms with Gasteiger partial charge in [0.1, 0.15) is 17.3 Å². The van der Waals surface area contributed by atoms with Crippen LogP contribution in [0.1, 0.15) is 65.4 Å². The Hall–Kier alpha value is -3.03. The number of fused-ring (bicyclic) bond motifs is 1. The Balaban J connectivity index is 0.00000199. The molecule has 2 aromatic heterocycles. The molecule has 0 aliphatic rings. The molecule has 0 fully saturated rings. The highest BCUT2D eigenvalue weighted by Crippen LogP contribution is 2.33. The van der Waals surface area contributed by atoms with Crippen molar-refractivity contribution in [2.45, 2.75) is 72.0 Å². The maximum absolute atomic E-state index is 12.9. The van der Waals surface area contributed by atoms with Crippen LogP contribution in [0.4, 0.5) is 19.0 Å². The van der Waals surface area contributed by atoms with Crippen LogP contribution in [-0.4, -0.2) is 27.3 Å². The molecule has 1 N–H and O–H groups in total. The summed E-state index contributed by atoms with van der Waals surface area (Å²) < 4.78 is 38.7. The number of carbonyl (C=O) groups excluding carboxylic acids is 1. The Bertz CT molecular complexity index is 1040. The summed E-state index contributed by atoms with van der Waals surface area (Å²) in [5.74, 6) is 1.15. The molecule has 3 aromatic rings. The van der Waals surface area contributed by atoms with Gasteiger partial charge in [0, 0.05) is 36.6 Å². The predicted molar refractivity (Wildman–Crippen MR) is 131 cm³/mol. The third-order valence-corrected chi connectivity index (χ3v) is 5.69. The second-order valence-electron chi connectivity index (χ2n) is 8.04. The molecule has 0 radical (unpaired) electrons. The van der Waals surface area contributed by atoms with E-state index in [1.165, 1.54) is 18.3 Å². The van der Waals surface area contributed by atoms with Crippen molar-refractivity contribution >= 4 is 23.1 Å². The van der Waals surface area contributed by atoms with Gasteiger partial charge in [-0.25, -0.2) is 9.97 Å². The van der Waals surface area contributed by atoms with Gasteiger partial charge in [-0.3, -0.25) is 4.98 Å². The van der Waals surface area contributed by atoms with Gasteiger partial charge in [0.25, 0.3) is 0 Å². The first-order chi connectivity index (χ1) is 16.3. The van der Waals surface area contributed by atoms with E-state index >= 15 is 0 Å². The lowest BCUT2D eigenvalue weighted by molar-refractivity contribution is -0.137. The van der Waals surface area contributed by atoms with E-state index in [4.69, 9.17) is 0 Å². The first-order valence-corrected chi connectivity index (χ1v) is 11.8. The molecule has 0 spiro atoms. The van der Waals surface area contributed by atoms with E-state index in [0.717, 1.165) is 44.1 Å². The maximum Gasteiger partial charge on any atom is 0.416 e. The molecule has 3 rings (SSSR count). The lowest BCUT2D eigenvalue weighted by Crippen LogP contribution is -2.21. The molecule has 1 unspecified atom stereocenters. The zero-order chi connectivity index (χ0) is 25.1. The lowest BCUT2D eigenvalue weighted by Gasteiger charge is -2.19. The van der Waals surface area contributed by atoms with Gasteiger partial charge in [-0.15, -0.1) is 0 Å². The fourth-order valence-corrected chi connectivity index (χ4v) is 3.59. The first-order valence-electron chi connectivity index (χ1n) is 11.8. The zero-order valence-corrected chi connectivity index (χ0v) is 20.2. The van der Waals surface area contributed by atoms with Crippen molar-refractivity contribution in [3.8, 4) is 11.1 Å². The fraction of sp³-hybridized carbons (Fsp3) is 0.462. The number of nitrogens with one attached hydrogen (secondary N) is 1. The smallest absolute Gasteiger partial charge is 0.365 e. The molecule has 34 heavy (non-hydrogen) atoms. The van der Waals surface area contributed by atoms with Crippen molar-refractivity contribution in [1.82, 2.24) is 15.0 Å². The Kier molecular flexibility index (Phi) is 10.4. The average molecular weight is 475 g/mol. The predicted octanol–water partition coefficient (Wildman–Crippen LogP) is 7.32. The second-order valence-corrected chi connectivity index (χ2v) is 8.04. The van der Waals surface area contributed by atoms with Crippen molar-refractivity contribution in [2.24, 2.45) is 5.92 Å². The van der Waals surface area contributed by atoms with Gasteiger partial charge in [0.15, 0.2) is 5.82 Å². The van der Waals surface area contributed by atoms with E-state index in [0.29, 0.717) is 40.3 Å². The monoisotopic (exact) mass is 474 g/mol. The van der Waals surface area contributed by atoms with Gasteiger partial charge < -0.3 is 10.1 Å². The van der Waals surface area contributed by atoms with E-state index in [-0.39, 0.29) is 6.04 Å². The van der Waals surface area contributed by atoms with E-state index in [9.17, 15) is 18.0 Å². The Labute approximate surface area is 199 Å². The topological polar surface area (TPSA) is 67.8 Å². The third-order valence-electron chi connectivity index (χ3n) is 5.69. The van der Waals surface area contributed by atoms with Crippen LogP contribution in [0.2, 0.25) is 0 Å². The molecule has 184 valence electrons. The quantitative estimate of drug-likeness (QED) is 0.312. The Morgan fingerprint density at radius 3 is 2.24 bits per heavy atom. The lowest BCUT2D eigenvalue weighted by atomic mass is 9.98. The summed E-state index contributed by atoms with van der Waals surface area (Å²) in [7, 11) is 0. The number of alkyl halides is 3. The highest BCUT2D eigenvalue weighted by Gasteiger charge is 2.30. The van der Waals surface area contributed by atoms with Gasteiger partial charge in [-0.2, -0.15) is 13.2 Å². The maximum atomic E-state index is 12.9. The highest BCUT2D eigenvalue weighted by molar-refractivity contribution is 5.96. The van der Waals surface area contributed by atoms with Crippen molar-refractivity contribution in [3.05, 3.63) is 48.4 Å². The third kappa shape index (κ3) is 7.23. The number of carbonyl (C=O) groups is 1. The van der Waals surface area contributed by atoms with Gasteiger partial charge in [0.2, 0.25) is 0 Å². The minimum Gasteiger partial charge on any atom is -0.365 e. The zero-order valence-electron chi connectivity index (χ0n) is 20.2. The SMILES string of the molecule is CC.CC[C@@H](C)CCCC(CC=O)Nc1ncc(-c2ccc(C(F)(F)F)cc2)c2nccnc12. The van der Waals surface area contributed by atoms with Crippen molar-refractivity contribution in [2.75, 3.05) is 5.32 Å². The summed E-state index contributed by atoms with van der Waals surface area (Å²) in [6, 6.07) is 4.82. The normalized spacial score (nSPS) is 13.0. The fourth-order valence-electron chi connectivity index (χ4n) is 3.59. The highest BCUT2D eigenvalue weighted by atomic mass is 19.4. The van der Waals surface area contributed by atoms with Gasteiger partial charge in [-0.1, -0.05) is 59.1 Å². The molecule has 0 amide bonds. The van der Waals surface area contributed by atoms with Crippen LogP contribution in [-0.2, 0) is 11.0 Å². The minimum absolute atomic E-state index is 0.0776. The van der Waals surface area contributed by atoms with Crippen molar-refractivity contribution < 1.29 is 18.0 Å². The van der Waals surface area contributed by atoms with Gasteiger partial charge in [0.05, 0.1) is 5.56 Å².